The number of rotatable bonds is 6. The van der Waals surface area contributed by atoms with Crippen LogP contribution in [0.3, 0.4) is 0 Å². The lowest BCUT2D eigenvalue weighted by Crippen LogP contribution is -2.35. The molecule has 116 valence electrons. The smallest absolute Gasteiger partial charge is 0.138 e. The van der Waals surface area contributed by atoms with E-state index >= 15 is 0 Å². The SMILES string of the molecule is CC(CO)CSc1nc2ccccn2c1CNC(C)(C)C. The van der Waals surface area contributed by atoms with Crippen molar-refractivity contribution in [2.24, 2.45) is 5.92 Å². The second-order valence-corrected chi connectivity index (χ2v) is 7.50. The molecule has 2 aromatic rings. The van der Waals surface area contributed by atoms with E-state index in [9.17, 15) is 5.11 Å². The molecule has 2 rings (SSSR count). The van der Waals surface area contributed by atoms with Crippen molar-refractivity contribution in [1.82, 2.24) is 14.7 Å². The molecule has 2 heterocycles. The van der Waals surface area contributed by atoms with E-state index in [0.29, 0.717) is 0 Å². The number of nitrogens with one attached hydrogen (secondary N) is 1. The summed E-state index contributed by atoms with van der Waals surface area (Å²) >= 11 is 1.72. The third-order valence-corrected chi connectivity index (χ3v) is 4.53. The van der Waals surface area contributed by atoms with Crippen LogP contribution in [0.15, 0.2) is 29.4 Å². The van der Waals surface area contributed by atoms with Crippen molar-refractivity contribution < 1.29 is 5.11 Å². The molecule has 0 amide bonds. The maximum atomic E-state index is 9.18. The zero-order valence-corrected chi connectivity index (χ0v) is 14.1. The van der Waals surface area contributed by atoms with Crippen molar-refractivity contribution in [3.63, 3.8) is 0 Å². The minimum atomic E-state index is 0.0687. The first kappa shape index (κ1) is 16.3. The van der Waals surface area contributed by atoms with Crippen LogP contribution in [0.25, 0.3) is 5.65 Å². The highest BCUT2D eigenvalue weighted by molar-refractivity contribution is 7.99. The minimum absolute atomic E-state index is 0.0687. The van der Waals surface area contributed by atoms with Gasteiger partial charge >= 0.3 is 0 Å². The van der Waals surface area contributed by atoms with Crippen LogP contribution >= 0.6 is 11.8 Å². The molecule has 0 spiro atoms. The van der Waals surface area contributed by atoms with Crippen LogP contribution in [0.4, 0.5) is 0 Å². The summed E-state index contributed by atoms with van der Waals surface area (Å²) in [6.45, 7) is 9.54. The Bertz CT molecular complexity index is 589. The number of aromatic nitrogens is 2. The van der Waals surface area contributed by atoms with Gasteiger partial charge in [0.1, 0.15) is 10.7 Å². The van der Waals surface area contributed by atoms with Gasteiger partial charge in [0.05, 0.1) is 5.69 Å². The molecule has 0 radical (unpaired) electrons. The van der Waals surface area contributed by atoms with Gasteiger partial charge in [-0.25, -0.2) is 4.98 Å². The molecule has 2 N–H and O–H groups in total. The van der Waals surface area contributed by atoms with Crippen LogP contribution in [0.1, 0.15) is 33.4 Å². The number of hydrogen-bond acceptors (Lipinski definition) is 4. The molecule has 1 atom stereocenters. The monoisotopic (exact) mass is 307 g/mol. The molecule has 0 aromatic carbocycles. The van der Waals surface area contributed by atoms with E-state index < -0.39 is 0 Å². The van der Waals surface area contributed by atoms with Crippen LogP contribution in [0.2, 0.25) is 0 Å². The second kappa shape index (κ2) is 6.81. The fraction of sp³-hybridized carbons (Fsp3) is 0.562. The van der Waals surface area contributed by atoms with Gasteiger partial charge in [0.15, 0.2) is 0 Å². The van der Waals surface area contributed by atoms with E-state index in [4.69, 9.17) is 4.98 Å². The number of hydrogen-bond donors (Lipinski definition) is 2. The summed E-state index contributed by atoms with van der Waals surface area (Å²) in [5, 5.41) is 13.8. The lowest BCUT2D eigenvalue weighted by molar-refractivity contribution is 0.250. The topological polar surface area (TPSA) is 49.6 Å². The zero-order valence-electron chi connectivity index (χ0n) is 13.3. The average molecular weight is 307 g/mol. The Balaban J connectivity index is 2.25. The largest absolute Gasteiger partial charge is 0.396 e. The normalized spacial score (nSPS) is 13.8. The molecule has 21 heavy (non-hydrogen) atoms. The molecule has 0 aliphatic heterocycles. The molecule has 0 saturated heterocycles. The fourth-order valence-corrected chi connectivity index (χ4v) is 2.97. The van der Waals surface area contributed by atoms with Gasteiger partial charge in [-0.15, -0.1) is 11.8 Å². The maximum absolute atomic E-state index is 9.18. The Morgan fingerprint density at radius 3 is 2.81 bits per heavy atom. The first-order valence-electron chi connectivity index (χ1n) is 7.35. The van der Waals surface area contributed by atoms with Crippen molar-refractivity contribution in [3.8, 4) is 0 Å². The predicted octanol–water partition coefficient (Wildman–Crippen LogP) is 2.94. The van der Waals surface area contributed by atoms with E-state index in [2.05, 4.69) is 43.6 Å². The van der Waals surface area contributed by atoms with E-state index in [1.165, 1.54) is 5.69 Å². The van der Waals surface area contributed by atoms with Crippen molar-refractivity contribution in [2.75, 3.05) is 12.4 Å². The maximum Gasteiger partial charge on any atom is 0.138 e. The Morgan fingerprint density at radius 1 is 1.38 bits per heavy atom. The van der Waals surface area contributed by atoms with Crippen molar-refractivity contribution >= 4 is 17.4 Å². The molecular weight excluding hydrogens is 282 g/mol. The van der Waals surface area contributed by atoms with Gasteiger partial charge < -0.3 is 14.8 Å². The lowest BCUT2D eigenvalue weighted by Gasteiger charge is -2.20. The lowest BCUT2D eigenvalue weighted by atomic mass is 10.1. The third kappa shape index (κ3) is 4.46. The highest BCUT2D eigenvalue weighted by atomic mass is 32.2. The van der Waals surface area contributed by atoms with Gasteiger partial charge in [0.25, 0.3) is 0 Å². The van der Waals surface area contributed by atoms with Gasteiger partial charge in [-0.3, -0.25) is 0 Å². The molecule has 1 unspecified atom stereocenters. The molecule has 0 fully saturated rings. The summed E-state index contributed by atoms with van der Waals surface area (Å²) in [6.07, 6.45) is 2.06. The van der Waals surface area contributed by atoms with E-state index in [0.717, 1.165) is 23.0 Å². The third-order valence-electron chi connectivity index (χ3n) is 3.19. The van der Waals surface area contributed by atoms with Gasteiger partial charge in [-0.2, -0.15) is 0 Å². The number of aliphatic hydroxyl groups excluding tert-OH is 1. The summed E-state index contributed by atoms with van der Waals surface area (Å²) in [5.74, 6) is 1.16. The summed E-state index contributed by atoms with van der Waals surface area (Å²) in [5.41, 5.74) is 2.23. The second-order valence-electron chi connectivity index (χ2n) is 6.49. The molecule has 2 aromatic heterocycles. The van der Waals surface area contributed by atoms with E-state index in [1.807, 2.05) is 18.2 Å². The molecule has 4 nitrogen and oxygen atoms in total. The summed E-state index contributed by atoms with van der Waals surface area (Å²) < 4.78 is 2.14. The van der Waals surface area contributed by atoms with E-state index in [1.54, 1.807) is 11.8 Å². The highest BCUT2D eigenvalue weighted by Gasteiger charge is 2.16. The molecule has 0 saturated carbocycles. The first-order chi connectivity index (χ1) is 9.90. The van der Waals surface area contributed by atoms with E-state index in [-0.39, 0.29) is 18.1 Å². The number of thioether (sulfide) groups is 1. The van der Waals surface area contributed by atoms with Crippen molar-refractivity contribution in [1.29, 1.82) is 0 Å². The Hall–Kier alpha value is -1.04. The quantitative estimate of drug-likeness (QED) is 0.806. The molecule has 0 aliphatic rings. The number of imidazole rings is 1. The van der Waals surface area contributed by atoms with Crippen molar-refractivity contribution in [2.45, 2.75) is 44.8 Å². The van der Waals surface area contributed by atoms with Crippen LogP contribution in [0.5, 0.6) is 0 Å². The van der Waals surface area contributed by atoms with Gasteiger partial charge in [-0.05, 0) is 38.8 Å². The zero-order chi connectivity index (χ0) is 15.5. The van der Waals surface area contributed by atoms with Crippen LogP contribution < -0.4 is 5.32 Å². The van der Waals surface area contributed by atoms with Crippen LogP contribution in [-0.2, 0) is 6.54 Å². The molecular formula is C16H25N3OS. The van der Waals surface area contributed by atoms with Crippen LogP contribution in [0, 0.1) is 5.92 Å². The number of nitrogens with zero attached hydrogens (tertiary/aromatic N) is 2. The fourth-order valence-electron chi connectivity index (χ4n) is 1.92. The minimum Gasteiger partial charge on any atom is -0.396 e. The average Bonchev–Trinajstić information content (AvgIpc) is 2.79. The Morgan fingerprint density at radius 2 is 2.14 bits per heavy atom. The van der Waals surface area contributed by atoms with Crippen LogP contribution in [-0.4, -0.2) is 32.4 Å². The molecule has 0 aliphatic carbocycles. The molecule has 0 bridgehead atoms. The standard InChI is InChI=1S/C16H25N3OS/c1-12(10-20)11-21-15-13(9-17-16(2,3)4)19-8-6-5-7-14(19)18-15/h5-8,12,17,20H,9-11H2,1-4H3. The highest BCUT2D eigenvalue weighted by Crippen LogP contribution is 2.25. The van der Waals surface area contributed by atoms with Gasteiger partial charge in [0.2, 0.25) is 0 Å². The van der Waals surface area contributed by atoms with Gasteiger partial charge in [0, 0.05) is 30.6 Å². The number of aliphatic hydroxyl groups is 1. The number of pyridine rings is 1. The Kier molecular flexibility index (Phi) is 5.30. The van der Waals surface area contributed by atoms with Crippen molar-refractivity contribution in [3.05, 3.63) is 30.1 Å². The Labute approximate surface area is 131 Å². The summed E-state index contributed by atoms with van der Waals surface area (Å²) in [6, 6.07) is 6.06. The summed E-state index contributed by atoms with van der Waals surface area (Å²) in [7, 11) is 0. The molecule has 5 heteroatoms. The predicted molar refractivity (Wildman–Crippen MR) is 88.8 cm³/mol. The summed E-state index contributed by atoms with van der Waals surface area (Å²) in [4.78, 5) is 4.72. The number of fused-ring (bicyclic) bond motifs is 1. The van der Waals surface area contributed by atoms with Gasteiger partial charge in [-0.1, -0.05) is 13.0 Å². The first-order valence-corrected chi connectivity index (χ1v) is 8.34.